The second-order valence-electron chi connectivity index (χ2n) is 5.36. The van der Waals surface area contributed by atoms with Crippen molar-refractivity contribution in [1.29, 1.82) is 0 Å². The summed E-state index contributed by atoms with van der Waals surface area (Å²) in [5, 5.41) is 7.41. The van der Waals surface area contributed by atoms with E-state index in [-0.39, 0.29) is 11.9 Å². The Balaban J connectivity index is 2.01. The van der Waals surface area contributed by atoms with E-state index in [1.165, 1.54) is 6.07 Å². The Morgan fingerprint density at radius 3 is 2.62 bits per heavy atom. The van der Waals surface area contributed by atoms with Gasteiger partial charge in [0.15, 0.2) is 0 Å². The minimum Gasteiger partial charge on any atom is -0.487 e. The summed E-state index contributed by atoms with van der Waals surface area (Å²) in [6.07, 6.45) is 1.92. The molecule has 1 aromatic heterocycles. The van der Waals surface area contributed by atoms with Gasteiger partial charge in [-0.3, -0.25) is 4.68 Å². The van der Waals surface area contributed by atoms with Crippen molar-refractivity contribution in [3.63, 3.8) is 0 Å². The van der Waals surface area contributed by atoms with Gasteiger partial charge in [-0.1, -0.05) is 6.07 Å². The van der Waals surface area contributed by atoms with E-state index in [1.807, 2.05) is 23.9 Å². The zero-order valence-electron chi connectivity index (χ0n) is 12.9. The van der Waals surface area contributed by atoms with Crippen molar-refractivity contribution < 1.29 is 9.13 Å². The van der Waals surface area contributed by atoms with Gasteiger partial charge in [0.1, 0.15) is 18.2 Å². The maximum absolute atomic E-state index is 14.0. The molecule has 0 aliphatic rings. The van der Waals surface area contributed by atoms with Crippen molar-refractivity contribution in [1.82, 2.24) is 15.1 Å². The molecular formula is C16H22FN3O. The van der Waals surface area contributed by atoms with E-state index >= 15 is 0 Å². The summed E-state index contributed by atoms with van der Waals surface area (Å²) < 4.78 is 21.5. The number of hydrogen-bond donors (Lipinski definition) is 1. The minimum atomic E-state index is -0.262. The van der Waals surface area contributed by atoms with Gasteiger partial charge in [0, 0.05) is 29.9 Å². The first-order valence-corrected chi connectivity index (χ1v) is 7.14. The molecule has 1 unspecified atom stereocenters. The second-order valence-corrected chi connectivity index (χ2v) is 5.36. The highest BCUT2D eigenvalue weighted by atomic mass is 19.1. The predicted octanol–water partition coefficient (Wildman–Crippen LogP) is 3.46. The van der Waals surface area contributed by atoms with Gasteiger partial charge < -0.3 is 10.1 Å². The van der Waals surface area contributed by atoms with Crippen LogP contribution in [-0.4, -0.2) is 16.8 Å². The molecule has 1 atom stereocenters. The fourth-order valence-electron chi connectivity index (χ4n) is 2.00. The van der Waals surface area contributed by atoms with Crippen LogP contribution in [-0.2, 0) is 6.61 Å². The number of halogens is 1. The second kappa shape index (κ2) is 6.72. The number of hydrogen-bond acceptors (Lipinski definition) is 3. The average Bonchev–Trinajstić information content (AvgIpc) is 2.93. The monoisotopic (exact) mass is 291 g/mol. The molecule has 21 heavy (non-hydrogen) atoms. The molecule has 1 aromatic carbocycles. The molecule has 4 nitrogen and oxygen atoms in total. The third-order valence-electron chi connectivity index (χ3n) is 3.45. The van der Waals surface area contributed by atoms with E-state index in [1.54, 1.807) is 19.2 Å². The van der Waals surface area contributed by atoms with Gasteiger partial charge in [-0.05, 0) is 40.0 Å². The fraction of sp³-hybridized carbons (Fsp3) is 0.438. The number of nitrogens with one attached hydrogen (secondary N) is 1. The summed E-state index contributed by atoms with van der Waals surface area (Å²) in [6.45, 7) is 6.38. The molecule has 114 valence electrons. The number of aromatic nitrogens is 2. The van der Waals surface area contributed by atoms with Crippen LogP contribution in [0, 0.1) is 5.82 Å². The normalized spacial score (nSPS) is 12.7. The van der Waals surface area contributed by atoms with Crippen LogP contribution in [0.3, 0.4) is 0 Å². The van der Waals surface area contributed by atoms with Gasteiger partial charge in [0.25, 0.3) is 0 Å². The summed E-state index contributed by atoms with van der Waals surface area (Å²) >= 11 is 0. The van der Waals surface area contributed by atoms with Crippen molar-refractivity contribution in [3.05, 3.63) is 47.5 Å². The highest BCUT2D eigenvalue weighted by Crippen LogP contribution is 2.22. The van der Waals surface area contributed by atoms with Crippen molar-refractivity contribution >= 4 is 0 Å². The Morgan fingerprint density at radius 1 is 1.29 bits per heavy atom. The Kier molecular flexibility index (Phi) is 4.96. The zero-order valence-corrected chi connectivity index (χ0v) is 12.9. The summed E-state index contributed by atoms with van der Waals surface area (Å²) in [5.74, 6) is 0.251. The van der Waals surface area contributed by atoms with Crippen molar-refractivity contribution in [2.75, 3.05) is 7.05 Å². The van der Waals surface area contributed by atoms with Gasteiger partial charge in [-0.25, -0.2) is 4.39 Å². The highest BCUT2D eigenvalue weighted by Gasteiger charge is 2.10. The van der Waals surface area contributed by atoms with Crippen LogP contribution < -0.4 is 10.1 Å². The van der Waals surface area contributed by atoms with Crippen LogP contribution in [0.5, 0.6) is 5.75 Å². The molecule has 0 saturated carbocycles. The predicted molar refractivity (Wildman–Crippen MR) is 80.8 cm³/mol. The lowest BCUT2D eigenvalue weighted by molar-refractivity contribution is 0.297. The van der Waals surface area contributed by atoms with E-state index in [9.17, 15) is 4.39 Å². The van der Waals surface area contributed by atoms with Gasteiger partial charge >= 0.3 is 0 Å². The average molecular weight is 291 g/mol. The lowest BCUT2D eigenvalue weighted by atomic mass is 10.1. The molecule has 0 bridgehead atoms. The molecule has 0 saturated heterocycles. The molecular weight excluding hydrogens is 269 g/mol. The Morgan fingerprint density at radius 2 is 2.05 bits per heavy atom. The summed E-state index contributed by atoms with van der Waals surface area (Å²) in [7, 11) is 1.81. The van der Waals surface area contributed by atoms with Crippen LogP contribution in [0.1, 0.15) is 44.1 Å². The standard InChI is InChI=1S/C16H22FN3O/c1-11(2)20-8-7-13(19-20)10-21-14-5-6-15(12(3)18-4)16(17)9-14/h5-9,11-12,18H,10H2,1-4H3. The van der Waals surface area contributed by atoms with Crippen LogP contribution in [0.2, 0.25) is 0 Å². The highest BCUT2D eigenvalue weighted by molar-refractivity contribution is 5.30. The SMILES string of the molecule is CNC(C)c1ccc(OCc2ccn(C(C)C)n2)cc1F. The molecule has 5 heteroatoms. The summed E-state index contributed by atoms with van der Waals surface area (Å²) in [5.41, 5.74) is 1.46. The first-order chi connectivity index (χ1) is 10.0. The Hall–Kier alpha value is -1.88. The lowest BCUT2D eigenvalue weighted by Gasteiger charge is -2.13. The third-order valence-corrected chi connectivity index (χ3v) is 3.45. The van der Waals surface area contributed by atoms with E-state index in [2.05, 4.69) is 24.3 Å². The topological polar surface area (TPSA) is 39.1 Å². The maximum Gasteiger partial charge on any atom is 0.132 e. The van der Waals surface area contributed by atoms with E-state index in [4.69, 9.17) is 4.74 Å². The Labute approximate surface area is 124 Å². The molecule has 0 fully saturated rings. The summed E-state index contributed by atoms with van der Waals surface area (Å²) in [4.78, 5) is 0. The minimum absolute atomic E-state index is 0.0270. The van der Waals surface area contributed by atoms with E-state index in [0.717, 1.165) is 5.69 Å². The van der Waals surface area contributed by atoms with E-state index < -0.39 is 0 Å². The largest absolute Gasteiger partial charge is 0.487 e. The van der Waals surface area contributed by atoms with Crippen LogP contribution >= 0.6 is 0 Å². The number of rotatable bonds is 6. The third kappa shape index (κ3) is 3.82. The molecule has 0 aliphatic heterocycles. The zero-order chi connectivity index (χ0) is 15.4. The molecule has 0 spiro atoms. The number of benzene rings is 1. The van der Waals surface area contributed by atoms with Crippen molar-refractivity contribution in [3.8, 4) is 5.75 Å². The molecule has 0 radical (unpaired) electrons. The molecule has 1 heterocycles. The molecule has 1 N–H and O–H groups in total. The molecule has 2 rings (SSSR count). The molecule has 0 aliphatic carbocycles. The fourth-order valence-corrected chi connectivity index (χ4v) is 2.00. The summed E-state index contributed by atoms with van der Waals surface area (Å²) in [6, 6.07) is 7.15. The molecule has 0 amide bonds. The number of nitrogens with zero attached hydrogens (tertiary/aromatic N) is 2. The molecule has 2 aromatic rings. The Bertz CT molecular complexity index is 595. The quantitative estimate of drug-likeness (QED) is 0.886. The van der Waals surface area contributed by atoms with E-state index in [0.29, 0.717) is 24.0 Å². The van der Waals surface area contributed by atoms with Crippen molar-refractivity contribution in [2.45, 2.75) is 39.5 Å². The lowest BCUT2D eigenvalue weighted by Crippen LogP contribution is -2.13. The van der Waals surface area contributed by atoms with Gasteiger partial charge in [0.2, 0.25) is 0 Å². The maximum atomic E-state index is 14.0. The van der Waals surface area contributed by atoms with Crippen LogP contribution in [0.25, 0.3) is 0 Å². The van der Waals surface area contributed by atoms with Gasteiger partial charge in [-0.2, -0.15) is 5.10 Å². The first kappa shape index (κ1) is 15.5. The smallest absolute Gasteiger partial charge is 0.132 e. The van der Waals surface area contributed by atoms with Crippen LogP contribution in [0.15, 0.2) is 30.5 Å². The van der Waals surface area contributed by atoms with Gasteiger partial charge in [-0.15, -0.1) is 0 Å². The van der Waals surface area contributed by atoms with Crippen LogP contribution in [0.4, 0.5) is 4.39 Å². The van der Waals surface area contributed by atoms with Crippen molar-refractivity contribution in [2.24, 2.45) is 0 Å². The first-order valence-electron chi connectivity index (χ1n) is 7.14. The van der Waals surface area contributed by atoms with Gasteiger partial charge in [0.05, 0.1) is 5.69 Å². The number of ether oxygens (including phenoxy) is 1.